The molecule has 3 aromatic carbocycles. The normalized spacial score (nSPS) is 20.9. The van der Waals surface area contributed by atoms with Crippen LogP contribution in [0.2, 0.25) is 10.0 Å². The minimum absolute atomic E-state index is 0.0351. The molecule has 3 N–H and O–H groups in total. The molecule has 2 atom stereocenters. The monoisotopic (exact) mass is 451 g/mol. The van der Waals surface area contributed by atoms with Crippen LogP contribution < -0.4 is 5.73 Å². The van der Waals surface area contributed by atoms with Gasteiger partial charge < -0.3 is 15.6 Å². The number of nitrogen functional groups attached to an aromatic ring is 1. The average molecular weight is 452 g/mol. The molecule has 1 aliphatic carbocycles. The SMILES string of the molecule is Nc1cc(Cl)ccc1[C@@]1(C=O)C(c2ccccc2O)=CC(=O)C[C@H]1c1cccc(Cl)c1. The first-order valence-electron chi connectivity index (χ1n) is 9.67. The lowest BCUT2D eigenvalue weighted by Gasteiger charge is -2.42. The van der Waals surface area contributed by atoms with Crippen molar-refractivity contribution in [3.63, 3.8) is 0 Å². The number of carbonyl (C=O) groups is 2. The number of aromatic hydroxyl groups is 1. The van der Waals surface area contributed by atoms with Gasteiger partial charge in [0.05, 0.1) is 5.41 Å². The van der Waals surface area contributed by atoms with Crippen LogP contribution in [0.4, 0.5) is 5.69 Å². The number of halogens is 2. The van der Waals surface area contributed by atoms with Gasteiger partial charge in [-0.2, -0.15) is 0 Å². The van der Waals surface area contributed by atoms with Crippen LogP contribution >= 0.6 is 23.2 Å². The molecule has 0 unspecified atom stereocenters. The molecule has 0 fully saturated rings. The zero-order valence-electron chi connectivity index (χ0n) is 16.4. The number of phenolic OH excluding ortho intramolecular Hbond substituents is 1. The van der Waals surface area contributed by atoms with Gasteiger partial charge in [-0.15, -0.1) is 0 Å². The van der Waals surface area contributed by atoms with Gasteiger partial charge in [-0.05, 0) is 53.1 Å². The standard InChI is InChI=1S/C25H19Cl2NO3/c26-16-5-3-4-15(10-16)21-12-18(30)13-22(19-6-1-2-7-24(19)31)25(21,14-29)20-9-8-17(27)11-23(20)28/h1-11,13-14,21,31H,12,28H2/t21-,25+/m0/s1. The van der Waals surface area contributed by atoms with Crippen molar-refractivity contribution in [2.45, 2.75) is 17.8 Å². The Labute approximate surface area is 189 Å². The van der Waals surface area contributed by atoms with E-state index >= 15 is 0 Å². The van der Waals surface area contributed by atoms with Gasteiger partial charge in [0.1, 0.15) is 12.0 Å². The summed E-state index contributed by atoms with van der Waals surface area (Å²) in [5.41, 5.74) is 7.35. The molecule has 4 nitrogen and oxygen atoms in total. The Hall–Kier alpha value is -3.08. The molecule has 1 aliphatic rings. The number of benzene rings is 3. The number of aldehydes is 1. The molecule has 0 saturated carbocycles. The highest BCUT2D eigenvalue weighted by molar-refractivity contribution is 6.31. The van der Waals surface area contributed by atoms with Crippen molar-refractivity contribution in [2.24, 2.45) is 0 Å². The summed E-state index contributed by atoms with van der Waals surface area (Å²) in [6.07, 6.45) is 2.32. The van der Waals surface area contributed by atoms with Crippen molar-refractivity contribution in [3.05, 3.63) is 99.5 Å². The molecule has 0 bridgehead atoms. The van der Waals surface area contributed by atoms with Gasteiger partial charge in [0.15, 0.2) is 5.78 Å². The van der Waals surface area contributed by atoms with Crippen LogP contribution in [0, 0.1) is 0 Å². The number of allylic oxidation sites excluding steroid dienone is 2. The molecule has 156 valence electrons. The summed E-state index contributed by atoms with van der Waals surface area (Å²) in [5.74, 6) is -0.778. The Kier molecular flexibility index (Phi) is 5.61. The maximum absolute atomic E-state index is 13.0. The molecule has 0 saturated heterocycles. The Bertz CT molecular complexity index is 1220. The fraction of sp³-hybridized carbons (Fsp3) is 0.120. The maximum Gasteiger partial charge on any atom is 0.156 e. The third-order valence-electron chi connectivity index (χ3n) is 5.80. The van der Waals surface area contributed by atoms with Crippen LogP contribution in [0.25, 0.3) is 5.57 Å². The fourth-order valence-corrected chi connectivity index (χ4v) is 4.83. The third kappa shape index (κ3) is 3.62. The first kappa shape index (κ1) is 21.2. The molecule has 0 spiro atoms. The van der Waals surface area contributed by atoms with E-state index < -0.39 is 11.3 Å². The number of hydrogen-bond donors (Lipinski definition) is 2. The molecular weight excluding hydrogens is 433 g/mol. The lowest BCUT2D eigenvalue weighted by atomic mass is 9.58. The van der Waals surface area contributed by atoms with Crippen molar-refractivity contribution in [2.75, 3.05) is 5.73 Å². The minimum atomic E-state index is -1.34. The number of phenols is 1. The van der Waals surface area contributed by atoms with Crippen LogP contribution in [-0.4, -0.2) is 17.2 Å². The highest BCUT2D eigenvalue weighted by Crippen LogP contribution is 2.54. The summed E-state index contributed by atoms with van der Waals surface area (Å²) in [6, 6.07) is 18.6. The van der Waals surface area contributed by atoms with Gasteiger partial charge >= 0.3 is 0 Å². The first-order valence-corrected chi connectivity index (χ1v) is 10.4. The number of hydrogen-bond acceptors (Lipinski definition) is 4. The molecule has 6 heteroatoms. The summed E-state index contributed by atoms with van der Waals surface area (Å²) in [5, 5.41) is 11.5. The highest BCUT2D eigenvalue weighted by atomic mass is 35.5. The Morgan fingerprint density at radius 1 is 1.00 bits per heavy atom. The van der Waals surface area contributed by atoms with Gasteiger partial charge in [0.2, 0.25) is 0 Å². The van der Waals surface area contributed by atoms with E-state index in [4.69, 9.17) is 28.9 Å². The average Bonchev–Trinajstić information content (AvgIpc) is 2.74. The topological polar surface area (TPSA) is 80.4 Å². The van der Waals surface area contributed by atoms with E-state index in [1.807, 2.05) is 6.07 Å². The summed E-state index contributed by atoms with van der Waals surface area (Å²) >= 11 is 12.4. The predicted molar refractivity (Wildman–Crippen MR) is 124 cm³/mol. The number of para-hydroxylation sites is 1. The smallest absolute Gasteiger partial charge is 0.156 e. The second-order valence-corrected chi connectivity index (χ2v) is 8.44. The van der Waals surface area contributed by atoms with E-state index in [1.165, 1.54) is 12.1 Å². The maximum atomic E-state index is 13.0. The quantitative estimate of drug-likeness (QED) is 0.401. The Morgan fingerprint density at radius 2 is 1.74 bits per heavy atom. The van der Waals surface area contributed by atoms with Gasteiger partial charge in [0, 0.05) is 33.6 Å². The first-order chi connectivity index (χ1) is 14.9. The molecule has 4 rings (SSSR count). The lowest BCUT2D eigenvalue weighted by molar-refractivity contribution is -0.116. The second kappa shape index (κ2) is 8.22. The fourth-order valence-electron chi connectivity index (χ4n) is 4.45. The molecule has 0 amide bonds. The Balaban J connectivity index is 2.09. The van der Waals surface area contributed by atoms with E-state index in [0.29, 0.717) is 32.4 Å². The second-order valence-electron chi connectivity index (χ2n) is 7.57. The van der Waals surface area contributed by atoms with Crippen LogP contribution in [0.5, 0.6) is 5.75 Å². The van der Waals surface area contributed by atoms with Crippen LogP contribution in [0.1, 0.15) is 29.0 Å². The van der Waals surface area contributed by atoms with Crippen molar-refractivity contribution in [1.29, 1.82) is 0 Å². The number of rotatable bonds is 4. The van der Waals surface area contributed by atoms with E-state index in [9.17, 15) is 14.7 Å². The van der Waals surface area contributed by atoms with Crippen LogP contribution in [0.15, 0.2) is 72.8 Å². The summed E-state index contributed by atoms with van der Waals surface area (Å²) < 4.78 is 0. The van der Waals surface area contributed by atoms with E-state index in [-0.39, 0.29) is 18.0 Å². The van der Waals surface area contributed by atoms with Gasteiger partial charge in [0.25, 0.3) is 0 Å². The van der Waals surface area contributed by atoms with Crippen molar-refractivity contribution in [1.82, 2.24) is 0 Å². The Morgan fingerprint density at radius 3 is 2.42 bits per heavy atom. The number of nitrogens with two attached hydrogens (primary N) is 1. The summed E-state index contributed by atoms with van der Waals surface area (Å²) in [6.45, 7) is 0. The largest absolute Gasteiger partial charge is 0.507 e. The highest BCUT2D eigenvalue weighted by Gasteiger charge is 2.50. The van der Waals surface area contributed by atoms with Crippen molar-refractivity contribution < 1.29 is 14.7 Å². The van der Waals surface area contributed by atoms with E-state index in [1.54, 1.807) is 54.6 Å². The van der Waals surface area contributed by atoms with Crippen LogP contribution in [0.3, 0.4) is 0 Å². The van der Waals surface area contributed by atoms with E-state index in [0.717, 1.165) is 11.8 Å². The molecule has 0 aliphatic heterocycles. The zero-order chi connectivity index (χ0) is 22.2. The zero-order valence-corrected chi connectivity index (χ0v) is 17.9. The molecule has 3 aromatic rings. The summed E-state index contributed by atoms with van der Waals surface area (Å²) in [4.78, 5) is 25.9. The van der Waals surface area contributed by atoms with Crippen molar-refractivity contribution >= 4 is 46.5 Å². The molecule has 31 heavy (non-hydrogen) atoms. The van der Waals surface area contributed by atoms with Crippen LogP contribution in [-0.2, 0) is 15.0 Å². The minimum Gasteiger partial charge on any atom is -0.507 e. The predicted octanol–water partition coefficient (Wildman–Crippen LogP) is 5.56. The lowest BCUT2D eigenvalue weighted by Crippen LogP contribution is -2.41. The van der Waals surface area contributed by atoms with Gasteiger partial charge in [-0.1, -0.05) is 59.6 Å². The van der Waals surface area contributed by atoms with E-state index in [2.05, 4.69) is 0 Å². The van der Waals surface area contributed by atoms with Gasteiger partial charge in [-0.25, -0.2) is 0 Å². The molecule has 0 radical (unpaired) electrons. The number of carbonyl (C=O) groups excluding carboxylic acids is 2. The number of ketones is 1. The molecule has 0 heterocycles. The summed E-state index contributed by atoms with van der Waals surface area (Å²) in [7, 11) is 0. The van der Waals surface area contributed by atoms with Crippen molar-refractivity contribution in [3.8, 4) is 5.75 Å². The third-order valence-corrected chi connectivity index (χ3v) is 6.27. The molecular formula is C25H19Cl2NO3. The number of anilines is 1. The van der Waals surface area contributed by atoms with Gasteiger partial charge in [-0.3, -0.25) is 4.79 Å². The molecule has 0 aromatic heterocycles.